The quantitative estimate of drug-likeness (QED) is 0.511. The maximum atomic E-state index is 13.3. The summed E-state index contributed by atoms with van der Waals surface area (Å²) >= 11 is 0. The second-order valence-electron chi connectivity index (χ2n) is 6.90. The third kappa shape index (κ3) is 3.93. The number of sulfonamides is 1. The van der Waals surface area contributed by atoms with Crippen LogP contribution in [0.2, 0.25) is 0 Å². The molecule has 0 aliphatic heterocycles. The maximum absolute atomic E-state index is 13.3. The van der Waals surface area contributed by atoms with Gasteiger partial charge in [0.2, 0.25) is 0 Å². The normalized spacial score (nSPS) is 11.3. The molecule has 0 aliphatic carbocycles. The fourth-order valence-corrected chi connectivity index (χ4v) is 4.63. The topological polar surface area (TPSA) is 105 Å². The van der Waals surface area contributed by atoms with Crippen molar-refractivity contribution in [2.75, 3.05) is 32.7 Å². The zero-order valence-electron chi connectivity index (χ0n) is 18.8. The van der Waals surface area contributed by atoms with Crippen LogP contribution in [0, 0.1) is 6.92 Å². The Labute approximate surface area is 186 Å². The summed E-state index contributed by atoms with van der Waals surface area (Å²) in [7, 11) is 2.02. The molecule has 3 aromatic rings. The van der Waals surface area contributed by atoms with Crippen molar-refractivity contribution in [3.63, 3.8) is 0 Å². The number of esters is 1. The molecule has 9 nitrogen and oxygen atoms in total. The molecular weight excluding hydrogens is 436 g/mol. The first-order valence-corrected chi connectivity index (χ1v) is 11.3. The second-order valence-corrected chi connectivity index (χ2v) is 8.58. The lowest BCUT2D eigenvalue weighted by Gasteiger charge is -2.15. The first-order valence-electron chi connectivity index (χ1n) is 9.78. The van der Waals surface area contributed by atoms with E-state index in [1.54, 1.807) is 37.6 Å². The fourth-order valence-electron chi connectivity index (χ4n) is 3.54. The molecule has 172 valence electrons. The highest BCUT2D eigenvalue weighted by atomic mass is 32.2. The molecule has 1 N–H and O–H groups in total. The SMILES string of the molecule is CCOC(=O)c1c(C)n(C)c2ccc(OC)c(NS(=O)(=O)c3ccc(OC)c(OC)c3)c12. The standard InChI is InChI=1S/C22H26N2O7S/c1-7-31-22(25)19-13(2)24(3)15-9-11-17(29-5)21(20(15)19)23-32(26,27)14-8-10-16(28-4)18(12-14)30-6/h8-12,23H,7H2,1-6H3. The maximum Gasteiger partial charge on any atom is 0.340 e. The molecule has 0 aliphatic rings. The Kier molecular flexibility index (Phi) is 6.54. The van der Waals surface area contributed by atoms with Crippen LogP contribution in [0.3, 0.4) is 0 Å². The van der Waals surface area contributed by atoms with Gasteiger partial charge in [-0.05, 0) is 38.1 Å². The number of hydrogen-bond donors (Lipinski definition) is 1. The second kappa shape index (κ2) is 8.99. The van der Waals surface area contributed by atoms with Crippen molar-refractivity contribution in [3.8, 4) is 17.2 Å². The van der Waals surface area contributed by atoms with Gasteiger partial charge in [-0.15, -0.1) is 0 Å². The number of rotatable bonds is 8. The number of aromatic nitrogens is 1. The molecule has 32 heavy (non-hydrogen) atoms. The van der Waals surface area contributed by atoms with Crippen molar-refractivity contribution >= 4 is 32.6 Å². The van der Waals surface area contributed by atoms with E-state index in [0.717, 1.165) is 0 Å². The molecule has 10 heteroatoms. The molecule has 0 amide bonds. The number of aryl methyl sites for hydroxylation is 1. The summed E-state index contributed by atoms with van der Waals surface area (Å²) in [6.45, 7) is 3.66. The number of fused-ring (bicyclic) bond motifs is 1. The minimum atomic E-state index is -4.08. The number of hydrogen-bond acceptors (Lipinski definition) is 7. The van der Waals surface area contributed by atoms with E-state index in [-0.39, 0.29) is 34.3 Å². The van der Waals surface area contributed by atoms with Crippen LogP contribution < -0.4 is 18.9 Å². The third-order valence-electron chi connectivity index (χ3n) is 5.22. The molecule has 1 aromatic heterocycles. The number of carbonyl (C=O) groups is 1. The van der Waals surface area contributed by atoms with Crippen molar-refractivity contribution in [2.24, 2.45) is 7.05 Å². The van der Waals surface area contributed by atoms with Crippen LogP contribution in [0.15, 0.2) is 35.2 Å². The smallest absolute Gasteiger partial charge is 0.340 e. The fraction of sp³-hybridized carbons (Fsp3) is 0.318. The highest BCUT2D eigenvalue weighted by molar-refractivity contribution is 7.92. The molecule has 0 unspecified atom stereocenters. The summed E-state index contributed by atoms with van der Waals surface area (Å²) in [6.07, 6.45) is 0. The average molecular weight is 463 g/mol. The van der Waals surface area contributed by atoms with E-state index in [0.29, 0.717) is 22.3 Å². The zero-order chi connectivity index (χ0) is 23.6. The van der Waals surface area contributed by atoms with E-state index in [4.69, 9.17) is 18.9 Å². The number of nitrogens with zero attached hydrogens (tertiary/aromatic N) is 1. The van der Waals surface area contributed by atoms with Gasteiger partial charge in [0.05, 0.1) is 43.9 Å². The molecule has 0 spiro atoms. The van der Waals surface area contributed by atoms with Gasteiger partial charge >= 0.3 is 5.97 Å². The summed E-state index contributed by atoms with van der Waals surface area (Å²) in [5, 5.41) is 0.395. The van der Waals surface area contributed by atoms with Gasteiger partial charge in [-0.25, -0.2) is 13.2 Å². The van der Waals surface area contributed by atoms with Crippen LogP contribution >= 0.6 is 0 Å². The van der Waals surface area contributed by atoms with E-state index in [2.05, 4.69) is 4.72 Å². The first-order chi connectivity index (χ1) is 15.2. The predicted octanol–water partition coefficient (Wildman–Crippen LogP) is 3.49. The Hall–Kier alpha value is -3.40. The van der Waals surface area contributed by atoms with Crippen molar-refractivity contribution in [2.45, 2.75) is 18.7 Å². The van der Waals surface area contributed by atoms with E-state index in [9.17, 15) is 13.2 Å². The molecule has 0 radical (unpaired) electrons. The van der Waals surface area contributed by atoms with Crippen LogP contribution in [0.1, 0.15) is 23.0 Å². The summed E-state index contributed by atoms with van der Waals surface area (Å²) in [5.74, 6) is 0.380. The predicted molar refractivity (Wildman–Crippen MR) is 121 cm³/mol. The van der Waals surface area contributed by atoms with Crippen molar-refractivity contribution in [1.29, 1.82) is 0 Å². The monoisotopic (exact) mass is 462 g/mol. The number of anilines is 1. The van der Waals surface area contributed by atoms with Gasteiger partial charge in [0, 0.05) is 24.2 Å². The van der Waals surface area contributed by atoms with Crippen LogP contribution in [0.25, 0.3) is 10.9 Å². The summed E-state index contributed by atoms with van der Waals surface area (Å²) in [4.78, 5) is 12.7. The van der Waals surface area contributed by atoms with E-state index < -0.39 is 16.0 Å². The Morgan fingerprint density at radius 1 is 1.00 bits per heavy atom. The molecule has 0 fully saturated rings. The zero-order valence-corrected chi connectivity index (χ0v) is 19.6. The van der Waals surface area contributed by atoms with Gasteiger partial charge in [-0.3, -0.25) is 4.72 Å². The molecule has 0 atom stereocenters. The van der Waals surface area contributed by atoms with Gasteiger partial charge in [0.1, 0.15) is 11.4 Å². The molecule has 1 heterocycles. The first kappa shape index (κ1) is 23.3. The minimum absolute atomic E-state index is 0.0421. The highest BCUT2D eigenvalue weighted by Gasteiger charge is 2.27. The Morgan fingerprint density at radius 2 is 1.62 bits per heavy atom. The molecule has 0 saturated carbocycles. The Balaban J connectivity index is 2.24. The molecule has 0 saturated heterocycles. The molecule has 0 bridgehead atoms. The molecule has 2 aromatic carbocycles. The lowest BCUT2D eigenvalue weighted by Crippen LogP contribution is -2.15. The van der Waals surface area contributed by atoms with Gasteiger partial charge in [0.15, 0.2) is 11.5 Å². The van der Waals surface area contributed by atoms with Gasteiger partial charge in [0.25, 0.3) is 10.0 Å². The van der Waals surface area contributed by atoms with Crippen LogP contribution in [0.5, 0.6) is 17.2 Å². The summed E-state index contributed by atoms with van der Waals surface area (Å²) in [5.41, 5.74) is 1.70. The lowest BCUT2D eigenvalue weighted by atomic mass is 10.1. The van der Waals surface area contributed by atoms with Crippen molar-refractivity contribution in [1.82, 2.24) is 4.57 Å². The van der Waals surface area contributed by atoms with E-state index in [1.807, 2.05) is 0 Å². The minimum Gasteiger partial charge on any atom is -0.495 e. The van der Waals surface area contributed by atoms with E-state index in [1.165, 1.54) is 39.5 Å². The number of benzene rings is 2. The summed E-state index contributed by atoms with van der Waals surface area (Å²) in [6, 6.07) is 7.66. The number of carbonyl (C=O) groups excluding carboxylic acids is 1. The van der Waals surface area contributed by atoms with E-state index >= 15 is 0 Å². The van der Waals surface area contributed by atoms with Gasteiger partial charge in [-0.2, -0.15) is 0 Å². The average Bonchev–Trinajstić information content (AvgIpc) is 3.04. The Morgan fingerprint density at radius 3 is 2.22 bits per heavy atom. The number of ether oxygens (including phenoxy) is 4. The van der Waals surface area contributed by atoms with Crippen LogP contribution in [-0.2, 0) is 21.8 Å². The van der Waals surface area contributed by atoms with Gasteiger partial charge in [-0.1, -0.05) is 0 Å². The Bertz CT molecular complexity index is 1280. The highest BCUT2D eigenvalue weighted by Crippen LogP contribution is 2.40. The van der Waals surface area contributed by atoms with Gasteiger partial charge < -0.3 is 23.5 Å². The van der Waals surface area contributed by atoms with Crippen LogP contribution in [0.4, 0.5) is 5.69 Å². The van der Waals surface area contributed by atoms with Crippen molar-refractivity contribution in [3.05, 3.63) is 41.6 Å². The third-order valence-corrected chi connectivity index (χ3v) is 6.57. The number of methoxy groups -OCH3 is 3. The largest absolute Gasteiger partial charge is 0.495 e. The molecular formula is C22H26N2O7S. The molecule has 3 rings (SSSR count). The van der Waals surface area contributed by atoms with Crippen molar-refractivity contribution < 1.29 is 32.2 Å². The number of nitrogens with one attached hydrogen (secondary N) is 1. The lowest BCUT2D eigenvalue weighted by molar-refractivity contribution is 0.0527. The summed E-state index contributed by atoms with van der Waals surface area (Å²) < 4.78 is 52.0. The van der Waals surface area contributed by atoms with Crippen LogP contribution in [-0.4, -0.2) is 46.9 Å².